The van der Waals surface area contributed by atoms with E-state index in [4.69, 9.17) is 15.3 Å². The predicted molar refractivity (Wildman–Crippen MR) is 75.5 cm³/mol. The van der Waals surface area contributed by atoms with Gasteiger partial charge >= 0.3 is 0 Å². The first-order valence-corrected chi connectivity index (χ1v) is 7.06. The van der Waals surface area contributed by atoms with Crippen LogP contribution in [0.5, 0.6) is 11.5 Å². The molecule has 2 atom stereocenters. The van der Waals surface area contributed by atoms with Gasteiger partial charge in [0.05, 0.1) is 6.04 Å². The third kappa shape index (κ3) is 2.32. The molecular weight excluding hydrogens is 260 g/mol. The summed E-state index contributed by atoms with van der Waals surface area (Å²) in [5.41, 5.74) is 4.01. The molecule has 1 aliphatic rings. The molecule has 0 amide bonds. The molecule has 5 heteroatoms. The minimum absolute atomic E-state index is 0.0698. The predicted octanol–water partition coefficient (Wildman–Crippen LogP) is 2.40. The zero-order chi connectivity index (χ0) is 13.2. The van der Waals surface area contributed by atoms with Gasteiger partial charge in [0.25, 0.3) is 0 Å². The van der Waals surface area contributed by atoms with E-state index >= 15 is 0 Å². The quantitative estimate of drug-likeness (QED) is 0.667. The van der Waals surface area contributed by atoms with Gasteiger partial charge in [-0.3, -0.25) is 5.84 Å². The zero-order valence-corrected chi connectivity index (χ0v) is 11.4. The minimum atomic E-state index is -0.131. The molecule has 3 N–H and O–H groups in total. The molecule has 0 bridgehead atoms. The van der Waals surface area contributed by atoms with Gasteiger partial charge in [0.15, 0.2) is 17.6 Å². The van der Waals surface area contributed by atoms with Crippen molar-refractivity contribution in [3.8, 4) is 11.5 Å². The van der Waals surface area contributed by atoms with Crippen molar-refractivity contribution in [2.45, 2.75) is 19.1 Å². The monoisotopic (exact) mass is 276 g/mol. The van der Waals surface area contributed by atoms with Gasteiger partial charge in [-0.25, -0.2) is 5.43 Å². The second-order valence-electron chi connectivity index (χ2n) is 4.49. The van der Waals surface area contributed by atoms with Crippen LogP contribution in [-0.4, -0.2) is 12.7 Å². The molecule has 2 unspecified atom stereocenters. The number of ether oxygens (including phenoxy) is 2. The number of aryl methyl sites for hydroxylation is 1. The van der Waals surface area contributed by atoms with Gasteiger partial charge < -0.3 is 9.47 Å². The van der Waals surface area contributed by atoms with Crippen LogP contribution in [0.4, 0.5) is 0 Å². The Morgan fingerprint density at radius 1 is 1.32 bits per heavy atom. The number of hydrogen-bond donors (Lipinski definition) is 2. The number of nitrogens with two attached hydrogens (primary N) is 1. The number of fused-ring (bicyclic) bond motifs is 1. The normalized spacial score (nSPS) is 19.2. The van der Waals surface area contributed by atoms with E-state index in [0.717, 1.165) is 11.5 Å². The maximum atomic E-state index is 6.00. The van der Waals surface area contributed by atoms with E-state index in [9.17, 15) is 0 Å². The molecule has 0 radical (unpaired) electrons. The maximum absolute atomic E-state index is 6.00. The lowest BCUT2D eigenvalue weighted by Crippen LogP contribution is -2.44. The molecule has 0 saturated carbocycles. The van der Waals surface area contributed by atoms with Gasteiger partial charge in [-0.1, -0.05) is 12.1 Å². The molecule has 4 nitrogen and oxygen atoms in total. The van der Waals surface area contributed by atoms with Crippen molar-refractivity contribution in [1.82, 2.24) is 5.43 Å². The number of para-hydroxylation sites is 2. The summed E-state index contributed by atoms with van der Waals surface area (Å²) in [6.45, 7) is 2.57. The standard InChI is InChI=1S/C14H16N2O2S/c1-9-10(6-7-19-9)14(16-15)13-8-17-11-4-2-3-5-12(11)18-13/h2-7,13-14,16H,8,15H2,1H3. The third-order valence-electron chi connectivity index (χ3n) is 3.32. The molecule has 3 rings (SSSR count). The van der Waals surface area contributed by atoms with Crippen LogP contribution >= 0.6 is 11.3 Å². The summed E-state index contributed by atoms with van der Waals surface area (Å²) in [5, 5.41) is 2.06. The number of hydrogen-bond acceptors (Lipinski definition) is 5. The fourth-order valence-corrected chi connectivity index (χ4v) is 3.06. The molecule has 100 valence electrons. The van der Waals surface area contributed by atoms with Crippen molar-refractivity contribution < 1.29 is 9.47 Å². The molecule has 1 aromatic carbocycles. The van der Waals surface area contributed by atoms with Gasteiger partial charge in [-0.2, -0.15) is 0 Å². The van der Waals surface area contributed by atoms with E-state index in [2.05, 4.69) is 23.8 Å². The van der Waals surface area contributed by atoms with Crippen molar-refractivity contribution in [2.24, 2.45) is 5.84 Å². The Morgan fingerprint density at radius 3 is 2.79 bits per heavy atom. The van der Waals surface area contributed by atoms with Crippen molar-refractivity contribution in [2.75, 3.05) is 6.61 Å². The highest BCUT2D eigenvalue weighted by Crippen LogP contribution is 2.35. The van der Waals surface area contributed by atoms with Crippen LogP contribution in [0.2, 0.25) is 0 Å². The van der Waals surface area contributed by atoms with Gasteiger partial charge in [-0.05, 0) is 36.1 Å². The number of benzene rings is 1. The molecule has 0 saturated heterocycles. The van der Waals surface area contributed by atoms with Crippen molar-refractivity contribution in [3.05, 3.63) is 46.2 Å². The summed E-state index contributed by atoms with van der Waals surface area (Å²) in [6.07, 6.45) is -0.131. The summed E-state index contributed by atoms with van der Waals surface area (Å²) in [5.74, 6) is 7.26. The first-order valence-electron chi connectivity index (χ1n) is 6.18. The van der Waals surface area contributed by atoms with E-state index in [1.165, 1.54) is 10.4 Å². The molecule has 0 spiro atoms. The van der Waals surface area contributed by atoms with Gasteiger partial charge in [0.2, 0.25) is 0 Å². The van der Waals surface area contributed by atoms with Crippen molar-refractivity contribution >= 4 is 11.3 Å². The molecule has 0 aliphatic carbocycles. The fourth-order valence-electron chi connectivity index (χ4n) is 2.31. The molecule has 19 heavy (non-hydrogen) atoms. The average Bonchev–Trinajstić information content (AvgIpc) is 2.86. The van der Waals surface area contributed by atoms with Gasteiger partial charge in [0.1, 0.15) is 6.61 Å². The van der Waals surface area contributed by atoms with E-state index < -0.39 is 0 Å². The lowest BCUT2D eigenvalue weighted by molar-refractivity contribution is 0.0616. The van der Waals surface area contributed by atoms with E-state index in [1.807, 2.05) is 24.3 Å². The fraction of sp³-hybridized carbons (Fsp3) is 0.286. The van der Waals surface area contributed by atoms with E-state index in [0.29, 0.717) is 6.61 Å². The van der Waals surface area contributed by atoms with Crippen LogP contribution in [-0.2, 0) is 0 Å². The van der Waals surface area contributed by atoms with E-state index in [1.54, 1.807) is 11.3 Å². The average molecular weight is 276 g/mol. The van der Waals surface area contributed by atoms with Crippen LogP contribution in [0.3, 0.4) is 0 Å². The Morgan fingerprint density at radius 2 is 2.11 bits per heavy atom. The Kier molecular flexibility index (Phi) is 3.42. The SMILES string of the molecule is Cc1sccc1C(NN)C1COc2ccccc2O1. The zero-order valence-electron chi connectivity index (χ0n) is 10.6. The Balaban J connectivity index is 1.85. The number of thiophene rings is 1. The number of hydrazine groups is 1. The summed E-state index contributed by atoms with van der Waals surface area (Å²) in [4.78, 5) is 1.24. The highest BCUT2D eigenvalue weighted by Gasteiger charge is 2.30. The van der Waals surface area contributed by atoms with Gasteiger partial charge in [0, 0.05) is 4.88 Å². The lowest BCUT2D eigenvalue weighted by atomic mass is 10.0. The smallest absolute Gasteiger partial charge is 0.161 e. The minimum Gasteiger partial charge on any atom is -0.486 e. The number of rotatable bonds is 3. The topological polar surface area (TPSA) is 56.5 Å². The van der Waals surface area contributed by atoms with Crippen LogP contribution in [0, 0.1) is 6.92 Å². The second kappa shape index (κ2) is 5.21. The highest BCUT2D eigenvalue weighted by atomic mass is 32.1. The van der Waals surface area contributed by atoms with Gasteiger partial charge in [-0.15, -0.1) is 11.3 Å². The summed E-state index contributed by atoms with van der Waals surface area (Å²) >= 11 is 1.71. The van der Waals surface area contributed by atoms with Crippen molar-refractivity contribution in [3.63, 3.8) is 0 Å². The Labute approximate surface area is 116 Å². The molecule has 2 heterocycles. The van der Waals surface area contributed by atoms with Crippen LogP contribution in [0.1, 0.15) is 16.5 Å². The summed E-state index contributed by atoms with van der Waals surface area (Å²) < 4.78 is 11.7. The molecular formula is C14H16N2O2S. The van der Waals surface area contributed by atoms with Crippen LogP contribution in [0.25, 0.3) is 0 Å². The lowest BCUT2D eigenvalue weighted by Gasteiger charge is -2.32. The Bertz CT molecular complexity index is 570. The first-order chi connectivity index (χ1) is 9.29. The van der Waals surface area contributed by atoms with Crippen LogP contribution < -0.4 is 20.7 Å². The first kappa shape index (κ1) is 12.5. The van der Waals surface area contributed by atoms with Crippen molar-refractivity contribution in [1.29, 1.82) is 0 Å². The highest BCUT2D eigenvalue weighted by molar-refractivity contribution is 7.10. The summed E-state index contributed by atoms with van der Waals surface area (Å²) in [6, 6.07) is 9.70. The van der Waals surface area contributed by atoms with Crippen LogP contribution in [0.15, 0.2) is 35.7 Å². The Hall–Kier alpha value is -1.56. The maximum Gasteiger partial charge on any atom is 0.161 e. The molecule has 1 aliphatic heterocycles. The molecule has 0 fully saturated rings. The molecule has 1 aromatic heterocycles. The van der Waals surface area contributed by atoms with E-state index in [-0.39, 0.29) is 12.1 Å². The summed E-state index contributed by atoms with van der Waals surface area (Å²) in [7, 11) is 0. The third-order valence-corrected chi connectivity index (χ3v) is 4.18. The molecule has 2 aromatic rings. The second-order valence-corrected chi connectivity index (χ2v) is 5.61. The largest absolute Gasteiger partial charge is 0.486 e. The number of nitrogens with one attached hydrogen (secondary N) is 1.